The van der Waals surface area contributed by atoms with Gasteiger partial charge in [-0.2, -0.15) is 18.3 Å². The molecule has 0 atom stereocenters. The van der Waals surface area contributed by atoms with Crippen LogP contribution in [0.3, 0.4) is 0 Å². The highest BCUT2D eigenvalue weighted by atomic mass is 19.4. The quantitative estimate of drug-likeness (QED) is 0.245. The molecule has 1 saturated heterocycles. The third-order valence-corrected chi connectivity index (χ3v) is 8.00. The molecule has 1 aliphatic heterocycles. The molecule has 2 fully saturated rings. The van der Waals surface area contributed by atoms with Gasteiger partial charge in [-0.25, -0.2) is 14.4 Å². The molecule has 44 heavy (non-hydrogen) atoms. The number of halogens is 4. The van der Waals surface area contributed by atoms with Crippen LogP contribution in [0, 0.1) is 5.82 Å². The van der Waals surface area contributed by atoms with E-state index >= 15 is 0 Å². The zero-order chi connectivity index (χ0) is 30.7. The minimum atomic E-state index is -4.46. The van der Waals surface area contributed by atoms with Crippen molar-refractivity contribution in [1.82, 2.24) is 29.8 Å². The fourth-order valence-corrected chi connectivity index (χ4v) is 5.26. The number of rotatable bonds is 11. The lowest BCUT2D eigenvalue weighted by atomic mass is 10.0. The van der Waals surface area contributed by atoms with Crippen LogP contribution in [0.4, 0.5) is 23.4 Å². The molecular formula is C30H31F4N7O3. The lowest BCUT2D eigenvalue weighted by Gasteiger charge is -2.26. The monoisotopic (exact) mass is 613 g/mol. The largest absolute Gasteiger partial charge is 0.401 e. The second-order valence-corrected chi connectivity index (χ2v) is 11.2. The summed E-state index contributed by atoms with van der Waals surface area (Å²) in [6.07, 6.45) is 3.57. The predicted molar refractivity (Wildman–Crippen MR) is 150 cm³/mol. The van der Waals surface area contributed by atoms with Gasteiger partial charge < -0.3 is 14.6 Å². The zero-order valence-corrected chi connectivity index (χ0v) is 23.8. The van der Waals surface area contributed by atoms with Crippen LogP contribution >= 0.6 is 0 Å². The lowest BCUT2D eigenvalue weighted by molar-refractivity contribution is -0.165. The van der Waals surface area contributed by atoms with Crippen molar-refractivity contribution in [2.75, 3.05) is 38.2 Å². The molecule has 0 bridgehead atoms. The number of nitrogens with zero attached hydrogens (tertiary/aromatic N) is 6. The first-order chi connectivity index (χ1) is 21.2. The van der Waals surface area contributed by atoms with Crippen LogP contribution in [0.5, 0.6) is 0 Å². The van der Waals surface area contributed by atoms with Gasteiger partial charge in [0.25, 0.3) is 0 Å². The molecule has 10 nitrogen and oxygen atoms in total. The van der Waals surface area contributed by atoms with Crippen molar-refractivity contribution in [2.45, 2.75) is 50.2 Å². The Kier molecular flexibility index (Phi) is 8.45. The van der Waals surface area contributed by atoms with Crippen molar-refractivity contribution in [3.63, 3.8) is 0 Å². The van der Waals surface area contributed by atoms with Gasteiger partial charge in [-0.15, -0.1) is 0 Å². The van der Waals surface area contributed by atoms with Crippen LogP contribution in [0.25, 0.3) is 11.1 Å². The van der Waals surface area contributed by atoms with E-state index in [1.807, 2.05) is 17.1 Å². The number of morpholine rings is 1. The summed E-state index contributed by atoms with van der Waals surface area (Å²) in [7, 11) is 0. The second-order valence-electron chi connectivity index (χ2n) is 11.2. The first-order valence-corrected chi connectivity index (χ1v) is 14.4. The van der Waals surface area contributed by atoms with Crippen molar-refractivity contribution in [3.05, 3.63) is 77.6 Å². The molecule has 232 valence electrons. The molecule has 2 aliphatic rings. The number of amides is 1. The highest BCUT2D eigenvalue weighted by Crippen LogP contribution is 2.59. The molecule has 6 rings (SSSR count). The van der Waals surface area contributed by atoms with E-state index in [4.69, 9.17) is 9.26 Å². The fraction of sp³-hybridized carbons (Fsp3) is 0.433. The SMILES string of the molecule is O=C(Cc1ccc(-c2cnc(Cc3cnn(CCCN4CCOCC4)c3)nc2)cc1F)Nc1cc(C2(C(F)(F)F)CC2)on1. The van der Waals surface area contributed by atoms with Gasteiger partial charge in [0.2, 0.25) is 5.91 Å². The standard InChI is InChI=1S/C30H31F4N7O3/c31-24-13-21(2-3-22(24)14-28(42)38-27-15-25(44-39-27)29(4-5-29)30(32,33)34)23-17-35-26(36-18-23)12-20-16-37-41(19-20)7-1-6-40-8-10-43-11-9-40/h2-3,13,15-19H,1,4-12,14H2,(H,38,39,42). The van der Waals surface area contributed by atoms with Gasteiger partial charge in [0.05, 0.1) is 25.8 Å². The number of hydrogen-bond donors (Lipinski definition) is 1. The Morgan fingerprint density at radius 2 is 1.80 bits per heavy atom. The van der Waals surface area contributed by atoms with Crippen LogP contribution in [0.15, 0.2) is 53.6 Å². The van der Waals surface area contributed by atoms with Crippen LogP contribution in [-0.4, -0.2) is 74.7 Å². The molecule has 0 spiro atoms. The number of carbonyl (C=O) groups excluding carboxylic acids is 1. The Labute approximate surface area is 250 Å². The first kappa shape index (κ1) is 29.9. The Morgan fingerprint density at radius 1 is 1.02 bits per heavy atom. The van der Waals surface area contributed by atoms with Crippen LogP contribution < -0.4 is 5.32 Å². The van der Waals surface area contributed by atoms with Gasteiger partial charge >= 0.3 is 6.18 Å². The summed E-state index contributed by atoms with van der Waals surface area (Å²) >= 11 is 0. The molecule has 1 amide bonds. The third kappa shape index (κ3) is 6.81. The van der Waals surface area contributed by atoms with Gasteiger partial charge in [0.15, 0.2) is 11.6 Å². The number of aromatic nitrogens is 5. The molecule has 14 heteroatoms. The summed E-state index contributed by atoms with van der Waals surface area (Å²) < 4.78 is 67.0. The minimum Gasteiger partial charge on any atom is -0.379 e. The van der Waals surface area contributed by atoms with Gasteiger partial charge in [-0.05, 0) is 42.0 Å². The average molecular weight is 614 g/mol. The van der Waals surface area contributed by atoms with Gasteiger partial charge in [0.1, 0.15) is 17.1 Å². The highest BCUT2D eigenvalue weighted by Gasteiger charge is 2.66. The molecule has 4 heterocycles. The summed E-state index contributed by atoms with van der Waals surface area (Å²) in [6.45, 7) is 5.35. The third-order valence-electron chi connectivity index (χ3n) is 8.00. The molecule has 1 aliphatic carbocycles. The Hall–Kier alpha value is -4.17. The Balaban J connectivity index is 1.00. The summed E-state index contributed by atoms with van der Waals surface area (Å²) in [5.74, 6) is -1.13. The maximum atomic E-state index is 14.9. The topological polar surface area (TPSA) is 111 Å². The first-order valence-electron chi connectivity index (χ1n) is 14.4. The smallest absolute Gasteiger partial charge is 0.379 e. The van der Waals surface area contributed by atoms with E-state index in [9.17, 15) is 22.4 Å². The van der Waals surface area contributed by atoms with E-state index < -0.39 is 23.3 Å². The van der Waals surface area contributed by atoms with Crippen molar-refractivity contribution in [3.8, 4) is 11.1 Å². The Bertz CT molecular complexity index is 1590. The van der Waals surface area contributed by atoms with Gasteiger partial charge in [-0.1, -0.05) is 17.3 Å². The number of carbonyl (C=O) groups is 1. The normalized spacial score (nSPS) is 16.6. The maximum absolute atomic E-state index is 14.9. The predicted octanol–water partition coefficient (Wildman–Crippen LogP) is 4.56. The highest BCUT2D eigenvalue weighted by molar-refractivity contribution is 5.91. The molecule has 3 aromatic heterocycles. The van der Waals surface area contributed by atoms with E-state index in [-0.39, 0.29) is 36.4 Å². The number of alkyl halides is 3. The number of aryl methyl sites for hydroxylation is 1. The van der Waals surface area contributed by atoms with E-state index in [0.29, 0.717) is 23.4 Å². The van der Waals surface area contributed by atoms with Gasteiger partial charge in [-0.3, -0.25) is 14.4 Å². The fourth-order valence-electron chi connectivity index (χ4n) is 5.26. The van der Waals surface area contributed by atoms with Crippen molar-refractivity contribution in [2.24, 2.45) is 0 Å². The molecular weight excluding hydrogens is 582 g/mol. The molecule has 4 aromatic rings. The van der Waals surface area contributed by atoms with Crippen LogP contribution in [0.1, 0.15) is 42.0 Å². The van der Waals surface area contributed by atoms with Crippen LogP contribution in [0.2, 0.25) is 0 Å². The van der Waals surface area contributed by atoms with E-state index in [2.05, 4.69) is 30.4 Å². The number of anilines is 1. The molecule has 1 aromatic carbocycles. The number of nitrogens with one attached hydrogen (secondary N) is 1. The summed E-state index contributed by atoms with van der Waals surface area (Å²) in [5, 5.41) is 10.4. The average Bonchev–Trinajstić information content (AvgIpc) is 3.52. The summed E-state index contributed by atoms with van der Waals surface area (Å²) in [6, 6.07) is 5.49. The number of benzene rings is 1. The van der Waals surface area contributed by atoms with E-state index in [1.54, 1.807) is 18.5 Å². The second kappa shape index (κ2) is 12.4. The van der Waals surface area contributed by atoms with E-state index in [1.165, 1.54) is 12.1 Å². The molecule has 1 saturated carbocycles. The summed E-state index contributed by atoms with van der Waals surface area (Å²) in [4.78, 5) is 23.7. The van der Waals surface area contributed by atoms with Crippen LogP contribution in [-0.2, 0) is 34.3 Å². The molecule has 0 unspecified atom stereocenters. The van der Waals surface area contributed by atoms with E-state index in [0.717, 1.165) is 57.4 Å². The molecule has 1 N–H and O–H groups in total. The lowest BCUT2D eigenvalue weighted by Crippen LogP contribution is -2.37. The zero-order valence-electron chi connectivity index (χ0n) is 23.8. The number of ether oxygens (including phenoxy) is 1. The maximum Gasteiger partial charge on any atom is 0.401 e. The number of hydrogen-bond acceptors (Lipinski definition) is 8. The summed E-state index contributed by atoms with van der Waals surface area (Å²) in [5.41, 5.74) is 0.209. The minimum absolute atomic E-state index is 0.0909. The van der Waals surface area contributed by atoms with Crippen molar-refractivity contribution in [1.29, 1.82) is 0 Å². The molecule has 0 radical (unpaired) electrons. The Morgan fingerprint density at radius 3 is 2.50 bits per heavy atom. The van der Waals surface area contributed by atoms with Crippen molar-refractivity contribution >= 4 is 11.7 Å². The van der Waals surface area contributed by atoms with Crippen molar-refractivity contribution < 1.29 is 31.6 Å². The van der Waals surface area contributed by atoms with Gasteiger partial charge in [0, 0.05) is 62.8 Å².